The van der Waals surface area contributed by atoms with Gasteiger partial charge in [0.2, 0.25) is 11.8 Å². The Morgan fingerprint density at radius 2 is 1.63 bits per heavy atom. The number of hydrogen-bond donors (Lipinski definition) is 3. The van der Waals surface area contributed by atoms with Crippen molar-refractivity contribution in [2.75, 3.05) is 36.2 Å². The van der Waals surface area contributed by atoms with E-state index in [1.54, 1.807) is 67.3 Å². The number of para-hydroxylation sites is 2. The summed E-state index contributed by atoms with van der Waals surface area (Å²) < 4.78 is 5.73. The summed E-state index contributed by atoms with van der Waals surface area (Å²) in [5.74, 6) is -1.78. The highest BCUT2D eigenvalue weighted by Gasteiger charge is 2.48. The van der Waals surface area contributed by atoms with Gasteiger partial charge < -0.3 is 31.3 Å². The maximum Gasteiger partial charge on any atom is 0.258 e. The number of likely N-dealkylation sites (N-methyl/N-ethyl adjacent to an activating group) is 1. The molecule has 9 nitrogen and oxygen atoms in total. The first kappa shape index (κ1) is 27.7. The summed E-state index contributed by atoms with van der Waals surface area (Å²) in [4.78, 5) is 44.6. The van der Waals surface area contributed by atoms with E-state index in [1.165, 1.54) is 0 Å². The molecule has 1 heterocycles. The molecule has 0 saturated carbocycles. The molecule has 4 aromatic carbocycles. The third-order valence-electron chi connectivity index (χ3n) is 8.06. The highest BCUT2D eigenvalue weighted by molar-refractivity contribution is 6.13. The van der Waals surface area contributed by atoms with Gasteiger partial charge in [-0.2, -0.15) is 0 Å². The second-order valence-corrected chi connectivity index (χ2v) is 10.3. The minimum atomic E-state index is -1.46. The first-order valence-electron chi connectivity index (χ1n) is 13.3. The van der Waals surface area contributed by atoms with Crippen LogP contribution in [0.3, 0.4) is 0 Å². The van der Waals surface area contributed by atoms with Gasteiger partial charge in [-0.05, 0) is 67.2 Å². The number of rotatable bonds is 7. The van der Waals surface area contributed by atoms with Crippen LogP contribution in [0.1, 0.15) is 22.8 Å². The van der Waals surface area contributed by atoms with Crippen LogP contribution < -0.4 is 31.3 Å². The molecule has 3 amide bonds. The van der Waals surface area contributed by atoms with Crippen LogP contribution in [-0.4, -0.2) is 44.0 Å². The summed E-state index contributed by atoms with van der Waals surface area (Å²) >= 11 is 0. The molecule has 5 N–H and O–H groups in total. The van der Waals surface area contributed by atoms with Crippen LogP contribution in [-0.2, 0) is 16.1 Å². The first-order valence-corrected chi connectivity index (χ1v) is 13.3. The molecule has 0 bridgehead atoms. The summed E-state index contributed by atoms with van der Waals surface area (Å²) in [6, 6.07) is 25.5. The van der Waals surface area contributed by atoms with Crippen molar-refractivity contribution in [1.82, 2.24) is 5.32 Å². The van der Waals surface area contributed by atoms with Gasteiger partial charge in [-0.15, -0.1) is 0 Å². The Morgan fingerprint density at radius 3 is 2.29 bits per heavy atom. The number of carbonyl (C=O) groups is 3. The molecule has 0 aliphatic carbocycles. The normalized spacial score (nSPS) is 16.6. The molecule has 2 atom stereocenters. The van der Waals surface area contributed by atoms with Gasteiger partial charge in [-0.1, -0.05) is 42.5 Å². The lowest BCUT2D eigenvalue weighted by molar-refractivity contribution is -0.133. The molecule has 0 spiro atoms. The number of primary amides is 1. The number of benzene rings is 4. The van der Waals surface area contributed by atoms with E-state index in [9.17, 15) is 14.4 Å². The lowest BCUT2D eigenvalue weighted by Gasteiger charge is -2.36. The molecule has 41 heavy (non-hydrogen) atoms. The van der Waals surface area contributed by atoms with Crippen molar-refractivity contribution in [3.8, 4) is 5.75 Å². The lowest BCUT2D eigenvalue weighted by Crippen LogP contribution is -2.63. The van der Waals surface area contributed by atoms with E-state index in [4.69, 9.17) is 16.2 Å². The molecule has 0 radical (unpaired) electrons. The van der Waals surface area contributed by atoms with E-state index in [-0.39, 0.29) is 24.9 Å². The van der Waals surface area contributed by atoms with E-state index in [2.05, 4.69) is 5.32 Å². The number of nitrogens with one attached hydrogen (secondary N) is 1. The number of amides is 3. The second kappa shape index (κ2) is 10.9. The molecule has 0 aromatic heterocycles. The van der Waals surface area contributed by atoms with Crippen LogP contribution >= 0.6 is 0 Å². The Labute approximate surface area is 238 Å². The van der Waals surface area contributed by atoms with Gasteiger partial charge >= 0.3 is 0 Å². The van der Waals surface area contributed by atoms with Crippen LogP contribution in [0.25, 0.3) is 10.8 Å². The summed E-state index contributed by atoms with van der Waals surface area (Å²) in [6.07, 6.45) is 0. The van der Waals surface area contributed by atoms with Gasteiger partial charge in [0.25, 0.3) is 5.91 Å². The smallest absolute Gasteiger partial charge is 0.258 e. The van der Waals surface area contributed by atoms with Crippen LogP contribution in [0, 0.1) is 5.92 Å². The Hall–Kier alpha value is -4.89. The van der Waals surface area contributed by atoms with Crippen molar-refractivity contribution in [3.05, 3.63) is 96.1 Å². The van der Waals surface area contributed by atoms with E-state index in [0.29, 0.717) is 28.4 Å². The Morgan fingerprint density at radius 1 is 0.976 bits per heavy atom. The molecule has 1 aliphatic rings. The number of nitrogen functional groups attached to an aromatic ring is 1. The van der Waals surface area contributed by atoms with Crippen LogP contribution in [0.15, 0.2) is 84.9 Å². The highest BCUT2D eigenvalue weighted by Crippen LogP contribution is 2.40. The zero-order valence-corrected chi connectivity index (χ0v) is 23.3. The van der Waals surface area contributed by atoms with Crippen LogP contribution in [0.5, 0.6) is 5.75 Å². The van der Waals surface area contributed by atoms with E-state index in [0.717, 1.165) is 16.3 Å². The predicted octanol–water partition coefficient (Wildman–Crippen LogP) is 3.70. The molecule has 1 unspecified atom stereocenters. The Bertz CT molecular complexity index is 1640. The molecule has 0 saturated heterocycles. The molecule has 0 fully saturated rings. The average molecular weight is 552 g/mol. The fourth-order valence-corrected chi connectivity index (χ4v) is 5.45. The summed E-state index contributed by atoms with van der Waals surface area (Å²) in [5, 5.41) is 4.90. The van der Waals surface area contributed by atoms with Crippen molar-refractivity contribution >= 4 is 45.6 Å². The van der Waals surface area contributed by atoms with Gasteiger partial charge in [0, 0.05) is 23.4 Å². The topological polar surface area (TPSA) is 131 Å². The zero-order valence-electron chi connectivity index (χ0n) is 23.3. The summed E-state index contributed by atoms with van der Waals surface area (Å²) in [5.41, 5.74) is 13.1. The molecule has 4 aromatic rings. The van der Waals surface area contributed by atoms with Crippen LogP contribution in [0.4, 0.5) is 17.1 Å². The fourth-order valence-electron chi connectivity index (χ4n) is 5.45. The van der Waals surface area contributed by atoms with Gasteiger partial charge in [0.05, 0.1) is 30.9 Å². The number of ether oxygens (including phenoxy) is 1. The van der Waals surface area contributed by atoms with E-state index in [1.807, 2.05) is 48.5 Å². The molecule has 1 aliphatic heterocycles. The van der Waals surface area contributed by atoms with Gasteiger partial charge in [-0.3, -0.25) is 14.4 Å². The number of carbonyl (C=O) groups excluding carboxylic acids is 3. The largest absolute Gasteiger partial charge is 0.496 e. The number of anilines is 3. The summed E-state index contributed by atoms with van der Waals surface area (Å²) in [7, 11) is 3.17. The van der Waals surface area contributed by atoms with E-state index < -0.39 is 17.4 Å². The minimum absolute atomic E-state index is 0.0808. The van der Waals surface area contributed by atoms with Crippen molar-refractivity contribution in [2.24, 2.45) is 11.7 Å². The number of methoxy groups -OCH3 is 1. The van der Waals surface area contributed by atoms with Gasteiger partial charge in [0.1, 0.15) is 11.3 Å². The SMILES string of the molecule is CNC(C)(C(N)=O)[C@@H]1CN(C(=O)c2ccc(N)cc2)c2ccccc2N(Cc2c(OC)ccc3ccccc23)C1=O. The van der Waals surface area contributed by atoms with Crippen molar-refractivity contribution < 1.29 is 19.1 Å². The van der Waals surface area contributed by atoms with Crippen molar-refractivity contribution in [1.29, 1.82) is 0 Å². The summed E-state index contributed by atoms with van der Waals surface area (Å²) in [6.45, 7) is 1.65. The number of fused-ring (bicyclic) bond motifs is 2. The van der Waals surface area contributed by atoms with Crippen molar-refractivity contribution in [3.63, 3.8) is 0 Å². The predicted molar refractivity (Wildman–Crippen MR) is 161 cm³/mol. The lowest BCUT2D eigenvalue weighted by atomic mass is 9.83. The second-order valence-electron chi connectivity index (χ2n) is 10.3. The quantitative estimate of drug-likeness (QED) is 0.300. The van der Waals surface area contributed by atoms with E-state index >= 15 is 0 Å². The Balaban J connectivity index is 1.72. The first-order chi connectivity index (χ1) is 19.7. The maximum atomic E-state index is 14.6. The molecular weight excluding hydrogens is 518 g/mol. The van der Waals surface area contributed by atoms with Crippen molar-refractivity contribution in [2.45, 2.75) is 19.0 Å². The third-order valence-corrected chi connectivity index (χ3v) is 8.06. The standard InChI is InChI=1S/C32H33N5O4/c1-32(35-2,31(34)40)25-19-37(29(38)21-12-15-22(33)16-13-21)27-11-7-6-10-26(27)36(30(25)39)18-24-23-9-5-4-8-20(23)14-17-28(24)41-3/h4-17,25,35H,18-19,33H2,1-3H3,(H2,34,40)/t25-,32?/m1/s1. The Kier molecular flexibility index (Phi) is 7.38. The number of nitrogens with zero attached hydrogens (tertiary/aromatic N) is 2. The molecular formula is C32H33N5O4. The number of hydrogen-bond acceptors (Lipinski definition) is 6. The van der Waals surface area contributed by atoms with Gasteiger partial charge in [-0.25, -0.2) is 0 Å². The maximum absolute atomic E-state index is 14.6. The molecule has 9 heteroatoms. The number of nitrogens with two attached hydrogens (primary N) is 2. The zero-order chi connectivity index (χ0) is 29.3. The third kappa shape index (κ3) is 4.85. The molecule has 210 valence electrons. The highest BCUT2D eigenvalue weighted by atomic mass is 16.5. The monoisotopic (exact) mass is 551 g/mol. The molecule has 5 rings (SSSR count). The fraction of sp³-hybridized carbons (Fsp3) is 0.219. The average Bonchev–Trinajstić information content (AvgIpc) is 3.11. The van der Waals surface area contributed by atoms with Gasteiger partial charge in [0.15, 0.2) is 0 Å². The van der Waals surface area contributed by atoms with Crippen LogP contribution in [0.2, 0.25) is 0 Å². The minimum Gasteiger partial charge on any atom is -0.496 e.